The molecule has 2 N–H and O–H groups in total. The Morgan fingerprint density at radius 2 is 1.61 bits per heavy atom. The van der Waals surface area contributed by atoms with Gasteiger partial charge in [0.15, 0.2) is 0 Å². The Balaban J connectivity index is 1.93. The number of carbonyl (C=O) groups is 1. The Morgan fingerprint density at radius 1 is 0.929 bits per heavy atom. The van der Waals surface area contributed by atoms with E-state index in [1.165, 1.54) is 12.1 Å². The highest BCUT2D eigenvalue weighted by Crippen LogP contribution is 2.17. The van der Waals surface area contributed by atoms with Crippen LogP contribution in [0.4, 0.5) is 5.69 Å². The van der Waals surface area contributed by atoms with Gasteiger partial charge in [-0.15, -0.1) is 0 Å². The maximum Gasteiger partial charge on any atom is 0.255 e. The van der Waals surface area contributed by atoms with Gasteiger partial charge in [0.1, 0.15) is 5.75 Å². The average molecular weight is 405 g/mol. The van der Waals surface area contributed by atoms with Crippen molar-refractivity contribution in [3.63, 3.8) is 0 Å². The summed E-state index contributed by atoms with van der Waals surface area (Å²) in [6.45, 7) is 5.00. The Bertz CT molecular complexity index is 847. The summed E-state index contributed by atoms with van der Waals surface area (Å²) >= 11 is 0. The largest absolute Gasteiger partial charge is 0.494 e. The summed E-state index contributed by atoms with van der Waals surface area (Å²) in [5, 5.41) is 2.76. The minimum Gasteiger partial charge on any atom is -0.494 e. The number of amides is 1. The first kappa shape index (κ1) is 21.9. The molecule has 0 aliphatic carbocycles. The number of ether oxygens (including phenoxy) is 1. The molecule has 0 aliphatic rings. The van der Waals surface area contributed by atoms with E-state index in [9.17, 15) is 13.2 Å². The smallest absolute Gasteiger partial charge is 0.255 e. The third kappa shape index (κ3) is 6.65. The van der Waals surface area contributed by atoms with Gasteiger partial charge in [0.2, 0.25) is 10.0 Å². The zero-order valence-electron chi connectivity index (χ0n) is 16.4. The molecule has 0 radical (unpaired) electrons. The van der Waals surface area contributed by atoms with E-state index >= 15 is 0 Å². The second-order valence-electron chi connectivity index (χ2n) is 6.39. The van der Waals surface area contributed by atoms with Gasteiger partial charge in [-0.05, 0) is 61.9 Å². The first-order valence-electron chi connectivity index (χ1n) is 9.60. The van der Waals surface area contributed by atoms with Crippen LogP contribution in [-0.2, 0) is 10.0 Å². The van der Waals surface area contributed by atoms with Gasteiger partial charge < -0.3 is 10.1 Å². The summed E-state index contributed by atoms with van der Waals surface area (Å²) in [7, 11) is -3.53. The van der Waals surface area contributed by atoms with Gasteiger partial charge in [-0.1, -0.05) is 26.2 Å². The summed E-state index contributed by atoms with van der Waals surface area (Å²) in [5.41, 5.74) is 1.02. The lowest BCUT2D eigenvalue weighted by Gasteiger charge is -2.09. The molecule has 0 aromatic heterocycles. The quantitative estimate of drug-likeness (QED) is 0.550. The molecule has 2 aromatic rings. The van der Waals surface area contributed by atoms with Crippen LogP contribution in [0.5, 0.6) is 5.75 Å². The molecule has 0 aliphatic heterocycles. The molecule has 152 valence electrons. The number of hydrogen-bond acceptors (Lipinski definition) is 4. The van der Waals surface area contributed by atoms with Crippen molar-refractivity contribution in [3.05, 3.63) is 54.1 Å². The van der Waals surface area contributed by atoms with Crippen molar-refractivity contribution in [1.29, 1.82) is 0 Å². The first-order chi connectivity index (χ1) is 13.5. The summed E-state index contributed by atoms with van der Waals surface area (Å²) in [4.78, 5) is 12.5. The molecular formula is C21H28N2O4S. The summed E-state index contributed by atoms with van der Waals surface area (Å²) in [6, 6.07) is 13.0. The highest BCUT2D eigenvalue weighted by Gasteiger charge is 2.13. The van der Waals surface area contributed by atoms with Gasteiger partial charge in [0.05, 0.1) is 11.5 Å². The summed E-state index contributed by atoms with van der Waals surface area (Å²) in [6.07, 6.45) is 4.04. The molecule has 6 nitrogen and oxygen atoms in total. The third-order valence-electron chi connectivity index (χ3n) is 4.17. The lowest BCUT2D eigenvalue weighted by atomic mass is 10.2. The van der Waals surface area contributed by atoms with Gasteiger partial charge in [-0.25, -0.2) is 13.1 Å². The van der Waals surface area contributed by atoms with E-state index in [1.807, 2.05) is 6.92 Å². The molecule has 2 aromatic carbocycles. The van der Waals surface area contributed by atoms with Crippen LogP contribution >= 0.6 is 0 Å². The average Bonchev–Trinajstić information content (AvgIpc) is 2.69. The fourth-order valence-electron chi connectivity index (χ4n) is 2.63. The van der Waals surface area contributed by atoms with E-state index in [4.69, 9.17) is 4.74 Å². The molecule has 7 heteroatoms. The normalized spacial score (nSPS) is 11.2. The molecule has 0 heterocycles. The molecular weight excluding hydrogens is 376 g/mol. The van der Waals surface area contributed by atoms with Gasteiger partial charge in [0, 0.05) is 17.8 Å². The number of hydrogen-bond donors (Lipinski definition) is 2. The molecule has 0 saturated heterocycles. The summed E-state index contributed by atoms with van der Waals surface area (Å²) in [5.74, 6) is 0.434. The van der Waals surface area contributed by atoms with E-state index in [2.05, 4.69) is 17.0 Å². The number of benzene rings is 2. The Kier molecular flexibility index (Phi) is 8.47. The van der Waals surface area contributed by atoms with Crippen LogP contribution in [-0.4, -0.2) is 27.5 Å². The molecule has 28 heavy (non-hydrogen) atoms. The zero-order chi connectivity index (χ0) is 20.4. The fraction of sp³-hybridized carbons (Fsp3) is 0.381. The number of nitrogens with one attached hydrogen (secondary N) is 2. The van der Waals surface area contributed by atoms with Crippen LogP contribution in [0, 0.1) is 0 Å². The van der Waals surface area contributed by atoms with E-state index in [0.29, 0.717) is 30.2 Å². The van der Waals surface area contributed by atoms with Crippen LogP contribution in [0.3, 0.4) is 0 Å². The molecule has 0 saturated carbocycles. The van der Waals surface area contributed by atoms with Gasteiger partial charge in [0.25, 0.3) is 5.91 Å². The SMILES string of the molecule is CCCCCCNS(=O)(=O)c1ccc(NC(=O)c2ccc(OCC)cc2)cc1. The van der Waals surface area contributed by atoms with Crippen molar-refractivity contribution in [1.82, 2.24) is 4.72 Å². The maximum absolute atomic E-state index is 12.3. The standard InChI is InChI=1S/C21H28N2O4S/c1-3-5-6-7-16-22-28(25,26)20-14-10-18(11-15-20)23-21(24)17-8-12-19(13-9-17)27-4-2/h8-15,22H,3-7,16H2,1-2H3,(H,23,24). The topological polar surface area (TPSA) is 84.5 Å². The van der Waals surface area contributed by atoms with E-state index in [1.54, 1.807) is 36.4 Å². The third-order valence-corrected chi connectivity index (χ3v) is 5.65. The van der Waals surface area contributed by atoms with E-state index in [0.717, 1.165) is 25.7 Å². The van der Waals surface area contributed by atoms with Crippen LogP contribution in [0.1, 0.15) is 49.9 Å². The number of rotatable bonds is 11. The Morgan fingerprint density at radius 3 is 2.21 bits per heavy atom. The van der Waals surface area contributed by atoms with Crippen molar-refractivity contribution in [3.8, 4) is 5.75 Å². The van der Waals surface area contributed by atoms with Crippen LogP contribution < -0.4 is 14.8 Å². The zero-order valence-corrected chi connectivity index (χ0v) is 17.2. The Labute approximate surface area is 167 Å². The van der Waals surface area contributed by atoms with Crippen molar-refractivity contribution < 1.29 is 17.9 Å². The lowest BCUT2D eigenvalue weighted by Crippen LogP contribution is -2.24. The van der Waals surface area contributed by atoms with Gasteiger partial charge in [-0.3, -0.25) is 4.79 Å². The molecule has 0 spiro atoms. The van der Waals surface area contributed by atoms with Crippen LogP contribution in [0.2, 0.25) is 0 Å². The number of carbonyl (C=O) groups excluding carboxylic acids is 1. The lowest BCUT2D eigenvalue weighted by molar-refractivity contribution is 0.102. The predicted octanol–water partition coefficient (Wildman–Crippen LogP) is 4.20. The second kappa shape index (κ2) is 10.8. The van der Waals surface area contributed by atoms with Crippen molar-refractivity contribution in [2.24, 2.45) is 0 Å². The van der Waals surface area contributed by atoms with Crippen LogP contribution in [0.15, 0.2) is 53.4 Å². The predicted molar refractivity (Wildman–Crippen MR) is 111 cm³/mol. The summed E-state index contributed by atoms with van der Waals surface area (Å²) < 4.78 is 32.6. The highest BCUT2D eigenvalue weighted by atomic mass is 32.2. The highest BCUT2D eigenvalue weighted by molar-refractivity contribution is 7.89. The molecule has 1 amide bonds. The fourth-order valence-corrected chi connectivity index (χ4v) is 3.71. The van der Waals surface area contributed by atoms with Gasteiger partial charge >= 0.3 is 0 Å². The number of sulfonamides is 1. The number of anilines is 1. The second-order valence-corrected chi connectivity index (χ2v) is 8.16. The van der Waals surface area contributed by atoms with Crippen molar-refractivity contribution in [2.75, 3.05) is 18.5 Å². The molecule has 0 bridgehead atoms. The van der Waals surface area contributed by atoms with Crippen molar-refractivity contribution in [2.45, 2.75) is 44.4 Å². The molecule has 2 rings (SSSR count). The Hall–Kier alpha value is -2.38. The van der Waals surface area contributed by atoms with E-state index < -0.39 is 10.0 Å². The number of unbranched alkanes of at least 4 members (excludes halogenated alkanes) is 3. The first-order valence-corrected chi connectivity index (χ1v) is 11.1. The van der Waals surface area contributed by atoms with Gasteiger partial charge in [-0.2, -0.15) is 0 Å². The molecule has 0 fully saturated rings. The molecule has 0 unspecified atom stereocenters. The maximum atomic E-state index is 12.3. The van der Waals surface area contributed by atoms with E-state index in [-0.39, 0.29) is 10.8 Å². The monoisotopic (exact) mass is 404 g/mol. The van der Waals surface area contributed by atoms with Crippen molar-refractivity contribution >= 4 is 21.6 Å². The minimum absolute atomic E-state index is 0.182. The molecule has 0 atom stereocenters. The minimum atomic E-state index is -3.53. The van der Waals surface area contributed by atoms with Crippen LogP contribution in [0.25, 0.3) is 0 Å².